The zero-order valence-corrected chi connectivity index (χ0v) is 19.9. The Balaban J connectivity index is 2.04. The minimum atomic E-state index is 1.27. The Morgan fingerprint density at radius 1 is 0.355 bits per heavy atom. The zero-order chi connectivity index (χ0) is 22.3. The Kier molecular flexibility index (Phi) is 5.58. The van der Waals surface area contributed by atoms with E-state index in [0.29, 0.717) is 0 Å². The summed E-state index contributed by atoms with van der Waals surface area (Å²) in [5.74, 6) is 0. The van der Waals surface area contributed by atoms with Gasteiger partial charge in [-0.1, -0.05) is 65.2 Å². The van der Waals surface area contributed by atoms with E-state index >= 15 is 0 Å². The maximum absolute atomic E-state index is 2.38. The maximum Gasteiger partial charge on any atom is -0.0125 e. The van der Waals surface area contributed by atoms with Crippen molar-refractivity contribution < 1.29 is 0 Å². The molecule has 0 fully saturated rings. The molecule has 0 heterocycles. The van der Waals surface area contributed by atoms with Crippen molar-refractivity contribution in [3.05, 3.63) is 106 Å². The second-order valence-electron chi connectivity index (χ2n) is 9.22. The highest BCUT2D eigenvalue weighted by Gasteiger charge is 2.14. The first-order valence-corrected chi connectivity index (χ1v) is 11.1. The van der Waals surface area contributed by atoms with Gasteiger partial charge in [-0.2, -0.15) is 0 Å². The van der Waals surface area contributed by atoms with Gasteiger partial charge in [-0.25, -0.2) is 0 Å². The molecular weight excluding hydrogens is 372 g/mol. The monoisotopic (exact) mass is 404 g/mol. The normalized spacial score (nSPS) is 11.1. The molecule has 4 aromatic rings. The minimum absolute atomic E-state index is 1.27. The summed E-state index contributed by atoms with van der Waals surface area (Å²) in [5.41, 5.74) is 17.1. The van der Waals surface area contributed by atoms with Crippen LogP contribution in [0.1, 0.15) is 38.9 Å². The molecule has 31 heavy (non-hydrogen) atoms. The summed E-state index contributed by atoms with van der Waals surface area (Å²) < 4.78 is 0. The lowest BCUT2D eigenvalue weighted by atomic mass is 9.86. The molecule has 156 valence electrons. The molecule has 0 aliphatic rings. The van der Waals surface area contributed by atoms with Crippen LogP contribution in [-0.4, -0.2) is 0 Å². The van der Waals surface area contributed by atoms with Crippen molar-refractivity contribution in [3.63, 3.8) is 0 Å². The number of hydrogen-bond donors (Lipinski definition) is 0. The third kappa shape index (κ3) is 4.21. The molecule has 0 N–H and O–H groups in total. The van der Waals surface area contributed by atoms with Gasteiger partial charge in [0.25, 0.3) is 0 Å². The molecule has 0 heteroatoms. The first-order valence-electron chi connectivity index (χ1n) is 11.1. The van der Waals surface area contributed by atoms with E-state index in [1.165, 1.54) is 72.3 Å². The molecule has 0 saturated heterocycles. The summed E-state index contributed by atoms with van der Waals surface area (Å²) in [6, 6.07) is 25.1. The maximum atomic E-state index is 2.38. The van der Waals surface area contributed by atoms with Gasteiger partial charge in [0.1, 0.15) is 0 Å². The Labute approximate surface area is 187 Å². The van der Waals surface area contributed by atoms with E-state index in [9.17, 15) is 0 Å². The van der Waals surface area contributed by atoms with Gasteiger partial charge in [0.2, 0.25) is 0 Å². The number of rotatable bonds is 3. The van der Waals surface area contributed by atoms with Gasteiger partial charge in [0, 0.05) is 0 Å². The molecule has 4 rings (SSSR count). The summed E-state index contributed by atoms with van der Waals surface area (Å²) in [4.78, 5) is 0. The van der Waals surface area contributed by atoms with Crippen LogP contribution in [0.5, 0.6) is 0 Å². The third-order valence-electron chi connectivity index (χ3n) is 6.22. The summed E-state index contributed by atoms with van der Waals surface area (Å²) in [5, 5.41) is 0. The Morgan fingerprint density at radius 3 is 1.19 bits per heavy atom. The smallest absolute Gasteiger partial charge is 0.0125 e. The molecule has 0 unspecified atom stereocenters. The van der Waals surface area contributed by atoms with Crippen molar-refractivity contribution in [2.75, 3.05) is 0 Å². The molecule has 0 aliphatic heterocycles. The lowest BCUT2D eigenvalue weighted by Gasteiger charge is -2.18. The first kappa shape index (κ1) is 21.1. The van der Waals surface area contributed by atoms with Crippen LogP contribution in [0.15, 0.2) is 66.7 Å². The van der Waals surface area contributed by atoms with Crippen molar-refractivity contribution in [2.45, 2.75) is 48.5 Å². The summed E-state index contributed by atoms with van der Waals surface area (Å²) >= 11 is 0. The SMILES string of the molecule is Cc1cccc(-c2cc(-c3c(C)cc(C)cc3C)cc(-c3c(C)cc(C)cc3C)c2)c1. The summed E-state index contributed by atoms with van der Waals surface area (Å²) in [6.07, 6.45) is 0. The van der Waals surface area contributed by atoms with Crippen LogP contribution in [0.3, 0.4) is 0 Å². The first-order chi connectivity index (χ1) is 14.7. The van der Waals surface area contributed by atoms with Crippen molar-refractivity contribution in [3.8, 4) is 33.4 Å². The molecule has 0 aliphatic carbocycles. The molecule has 0 spiro atoms. The molecule has 0 atom stereocenters. The highest BCUT2D eigenvalue weighted by Crippen LogP contribution is 2.38. The predicted molar refractivity (Wildman–Crippen MR) is 136 cm³/mol. The lowest BCUT2D eigenvalue weighted by Crippen LogP contribution is -1.95. The fraction of sp³-hybridized carbons (Fsp3) is 0.226. The average Bonchev–Trinajstić information content (AvgIpc) is 2.66. The molecule has 0 aromatic heterocycles. The van der Waals surface area contributed by atoms with Gasteiger partial charge in [0.15, 0.2) is 0 Å². The van der Waals surface area contributed by atoms with Crippen LogP contribution in [0, 0.1) is 48.5 Å². The predicted octanol–water partition coefficient (Wildman–Crippen LogP) is 8.85. The number of benzene rings is 4. The minimum Gasteiger partial charge on any atom is -0.0614 e. The van der Waals surface area contributed by atoms with Gasteiger partial charge in [0.05, 0.1) is 0 Å². The van der Waals surface area contributed by atoms with Crippen LogP contribution in [0.25, 0.3) is 33.4 Å². The quantitative estimate of drug-likeness (QED) is 0.320. The zero-order valence-electron chi connectivity index (χ0n) is 19.9. The molecule has 0 bridgehead atoms. The van der Waals surface area contributed by atoms with E-state index in [0.717, 1.165) is 0 Å². The summed E-state index contributed by atoms with van der Waals surface area (Å²) in [6.45, 7) is 15.5. The van der Waals surface area contributed by atoms with E-state index in [4.69, 9.17) is 0 Å². The molecule has 0 radical (unpaired) electrons. The summed E-state index contributed by atoms with van der Waals surface area (Å²) in [7, 11) is 0. The van der Waals surface area contributed by atoms with Crippen LogP contribution in [-0.2, 0) is 0 Å². The molecule has 4 aromatic carbocycles. The standard InChI is InChI=1S/C31H32/c1-19-9-8-10-26(15-19)27-16-28(30-22(4)11-20(2)12-23(30)5)18-29(17-27)31-24(6)13-21(3)14-25(31)7/h8-18H,1-7H3. The fourth-order valence-corrected chi connectivity index (χ4v) is 5.18. The van der Waals surface area contributed by atoms with Crippen LogP contribution in [0.4, 0.5) is 0 Å². The second-order valence-corrected chi connectivity index (χ2v) is 9.22. The van der Waals surface area contributed by atoms with E-state index in [1.54, 1.807) is 0 Å². The van der Waals surface area contributed by atoms with Crippen molar-refractivity contribution in [2.24, 2.45) is 0 Å². The van der Waals surface area contributed by atoms with Gasteiger partial charge in [-0.15, -0.1) is 0 Å². The lowest BCUT2D eigenvalue weighted by molar-refractivity contribution is 1.31. The second kappa shape index (κ2) is 8.19. The van der Waals surface area contributed by atoms with Crippen molar-refractivity contribution in [1.82, 2.24) is 0 Å². The molecule has 0 amide bonds. The number of hydrogen-bond acceptors (Lipinski definition) is 0. The Bertz CT molecular complexity index is 1170. The molecule has 0 nitrogen and oxygen atoms in total. The van der Waals surface area contributed by atoms with E-state index in [-0.39, 0.29) is 0 Å². The van der Waals surface area contributed by atoms with Gasteiger partial charge in [-0.05, 0) is 122 Å². The topological polar surface area (TPSA) is 0 Å². The average molecular weight is 405 g/mol. The van der Waals surface area contributed by atoms with Crippen LogP contribution in [0.2, 0.25) is 0 Å². The Hall–Kier alpha value is -3.12. The van der Waals surface area contributed by atoms with Crippen molar-refractivity contribution in [1.29, 1.82) is 0 Å². The van der Waals surface area contributed by atoms with Crippen LogP contribution < -0.4 is 0 Å². The molecule has 0 saturated carbocycles. The third-order valence-corrected chi connectivity index (χ3v) is 6.22. The molecular formula is C31H32. The number of aryl methyl sites for hydroxylation is 7. The highest BCUT2D eigenvalue weighted by atomic mass is 14.2. The van der Waals surface area contributed by atoms with Crippen LogP contribution >= 0.6 is 0 Å². The van der Waals surface area contributed by atoms with E-state index in [1.807, 2.05) is 0 Å². The van der Waals surface area contributed by atoms with Gasteiger partial charge < -0.3 is 0 Å². The largest absolute Gasteiger partial charge is 0.0614 e. The Morgan fingerprint density at radius 2 is 0.774 bits per heavy atom. The van der Waals surface area contributed by atoms with Gasteiger partial charge in [-0.3, -0.25) is 0 Å². The van der Waals surface area contributed by atoms with Crippen molar-refractivity contribution >= 4 is 0 Å². The fourth-order valence-electron chi connectivity index (χ4n) is 5.18. The van der Waals surface area contributed by atoms with E-state index < -0.39 is 0 Å². The van der Waals surface area contributed by atoms with E-state index in [2.05, 4.69) is 115 Å². The van der Waals surface area contributed by atoms with Gasteiger partial charge >= 0.3 is 0 Å². The highest BCUT2D eigenvalue weighted by molar-refractivity contribution is 5.85.